The molecule has 0 aliphatic heterocycles. The van der Waals surface area contributed by atoms with Crippen LogP contribution >= 0.6 is 34.0 Å². The van der Waals surface area contributed by atoms with E-state index in [1.165, 1.54) is 40.3 Å². The third-order valence-corrected chi connectivity index (χ3v) is 6.83. The van der Waals surface area contributed by atoms with E-state index >= 15 is 0 Å². The minimum atomic E-state index is 1.40. The first-order valence-electron chi connectivity index (χ1n) is 6.11. The summed E-state index contributed by atoms with van der Waals surface area (Å²) in [5.74, 6) is 0. The number of thiophene rings is 3. The van der Waals surface area contributed by atoms with Crippen LogP contribution in [0.5, 0.6) is 0 Å². The van der Waals surface area contributed by atoms with Gasteiger partial charge in [-0.2, -0.15) is 0 Å². The molecule has 5 aromatic rings. The van der Waals surface area contributed by atoms with Crippen LogP contribution < -0.4 is 0 Å². The molecular formula is C16H8S3. The highest BCUT2D eigenvalue weighted by Gasteiger charge is 2.15. The van der Waals surface area contributed by atoms with E-state index in [0.29, 0.717) is 0 Å². The summed E-state index contributed by atoms with van der Waals surface area (Å²) in [7, 11) is 0. The quantitative estimate of drug-likeness (QED) is 0.306. The number of hydrogen-bond donors (Lipinski definition) is 0. The van der Waals surface area contributed by atoms with Crippen molar-refractivity contribution >= 4 is 74.4 Å². The lowest BCUT2D eigenvalue weighted by Gasteiger charge is -1.98. The largest absolute Gasteiger partial charge is 0.143 e. The summed E-state index contributed by atoms with van der Waals surface area (Å²) in [5.41, 5.74) is 0. The number of fused-ring (bicyclic) bond motifs is 8. The normalized spacial score (nSPS) is 12.2. The number of hydrogen-bond acceptors (Lipinski definition) is 3. The van der Waals surface area contributed by atoms with Gasteiger partial charge in [0.25, 0.3) is 0 Å². The monoisotopic (exact) mass is 296 g/mol. The predicted molar refractivity (Wildman–Crippen MR) is 90.1 cm³/mol. The molecule has 19 heavy (non-hydrogen) atoms. The van der Waals surface area contributed by atoms with Gasteiger partial charge in [0, 0.05) is 30.9 Å². The molecule has 0 aliphatic carbocycles. The van der Waals surface area contributed by atoms with Crippen LogP contribution in [0.2, 0.25) is 0 Å². The minimum absolute atomic E-state index is 1.40. The van der Waals surface area contributed by atoms with Crippen LogP contribution in [0, 0.1) is 0 Å². The van der Waals surface area contributed by atoms with Crippen LogP contribution in [0.15, 0.2) is 47.2 Å². The Morgan fingerprint density at radius 2 is 1.37 bits per heavy atom. The van der Waals surface area contributed by atoms with Crippen LogP contribution in [0.4, 0.5) is 0 Å². The maximum atomic E-state index is 2.26. The maximum Gasteiger partial charge on any atom is 0.0548 e. The van der Waals surface area contributed by atoms with Gasteiger partial charge >= 0.3 is 0 Å². The molecule has 0 bridgehead atoms. The third-order valence-electron chi connectivity index (χ3n) is 3.65. The highest BCUT2D eigenvalue weighted by molar-refractivity contribution is 7.32. The zero-order valence-electron chi connectivity index (χ0n) is 9.84. The van der Waals surface area contributed by atoms with Gasteiger partial charge in [-0.25, -0.2) is 0 Å². The Hall–Kier alpha value is -1.42. The first kappa shape index (κ1) is 10.4. The molecule has 3 heterocycles. The molecule has 0 N–H and O–H groups in total. The van der Waals surface area contributed by atoms with Crippen molar-refractivity contribution in [3.63, 3.8) is 0 Å². The van der Waals surface area contributed by atoms with Gasteiger partial charge in [0.2, 0.25) is 0 Å². The lowest BCUT2D eigenvalue weighted by atomic mass is 10.1. The van der Waals surface area contributed by atoms with E-state index < -0.39 is 0 Å². The van der Waals surface area contributed by atoms with Gasteiger partial charge < -0.3 is 0 Å². The summed E-state index contributed by atoms with van der Waals surface area (Å²) < 4.78 is 5.75. The molecule has 0 spiro atoms. The molecule has 0 aliphatic rings. The topological polar surface area (TPSA) is 0 Å². The zero-order valence-corrected chi connectivity index (χ0v) is 12.3. The van der Waals surface area contributed by atoms with Gasteiger partial charge in [-0.15, -0.1) is 34.0 Å². The average molecular weight is 296 g/mol. The number of benzene rings is 2. The lowest BCUT2D eigenvalue weighted by molar-refractivity contribution is 1.87. The zero-order chi connectivity index (χ0) is 12.4. The Kier molecular flexibility index (Phi) is 1.95. The third kappa shape index (κ3) is 1.23. The van der Waals surface area contributed by atoms with E-state index in [-0.39, 0.29) is 0 Å². The van der Waals surface area contributed by atoms with Gasteiger partial charge in [0.05, 0.1) is 9.40 Å². The molecule has 5 rings (SSSR count). The van der Waals surface area contributed by atoms with Crippen molar-refractivity contribution in [2.75, 3.05) is 0 Å². The highest BCUT2D eigenvalue weighted by Crippen LogP contribution is 2.46. The van der Waals surface area contributed by atoms with E-state index in [9.17, 15) is 0 Å². The molecule has 0 unspecified atom stereocenters. The van der Waals surface area contributed by atoms with Crippen LogP contribution in [0.3, 0.4) is 0 Å². The van der Waals surface area contributed by atoms with Crippen molar-refractivity contribution in [2.45, 2.75) is 0 Å². The Morgan fingerprint density at radius 3 is 2.26 bits per heavy atom. The number of rotatable bonds is 0. The smallest absolute Gasteiger partial charge is 0.0548 e. The Bertz CT molecular complexity index is 1060. The summed E-state index contributed by atoms with van der Waals surface area (Å²) >= 11 is 5.66. The second kappa shape index (κ2) is 3.57. The van der Waals surface area contributed by atoms with Crippen molar-refractivity contribution in [1.29, 1.82) is 0 Å². The SMILES string of the molecule is c1ccc2c(c1)sc1c3sccc3c3ccsc3c21. The van der Waals surface area contributed by atoms with E-state index in [4.69, 9.17) is 0 Å². The predicted octanol–water partition coefficient (Wildman–Crippen LogP) is 6.48. The molecule has 3 aromatic heterocycles. The first-order valence-corrected chi connectivity index (χ1v) is 8.69. The molecule has 90 valence electrons. The fraction of sp³-hybridized carbons (Fsp3) is 0. The molecule has 0 radical (unpaired) electrons. The standard InChI is InChI=1S/C16H8S3/c1-2-4-12-11(3-1)13-14-9(5-7-17-14)10-6-8-18-15(10)16(13)19-12/h1-8H. The van der Waals surface area contributed by atoms with Gasteiger partial charge in [0.1, 0.15) is 0 Å². The molecule has 2 aromatic carbocycles. The molecule has 0 saturated heterocycles. The summed E-state index contributed by atoms with van der Waals surface area (Å²) in [6.07, 6.45) is 0. The fourth-order valence-corrected chi connectivity index (χ4v) is 6.17. The van der Waals surface area contributed by atoms with Gasteiger partial charge in [-0.3, -0.25) is 0 Å². The van der Waals surface area contributed by atoms with E-state index in [0.717, 1.165) is 0 Å². The molecule has 0 atom stereocenters. The molecule has 0 fully saturated rings. The average Bonchev–Trinajstić information content (AvgIpc) is 3.14. The van der Waals surface area contributed by atoms with Gasteiger partial charge in [-0.1, -0.05) is 18.2 Å². The maximum absolute atomic E-state index is 2.26. The van der Waals surface area contributed by atoms with Crippen molar-refractivity contribution in [3.05, 3.63) is 47.2 Å². The summed E-state index contributed by atoms with van der Waals surface area (Å²) in [5, 5.41) is 10.1. The highest BCUT2D eigenvalue weighted by atomic mass is 32.1. The molecule has 0 amide bonds. The van der Waals surface area contributed by atoms with E-state index in [1.54, 1.807) is 0 Å². The van der Waals surface area contributed by atoms with E-state index in [1.807, 2.05) is 34.0 Å². The Morgan fingerprint density at radius 1 is 0.632 bits per heavy atom. The minimum Gasteiger partial charge on any atom is -0.143 e. The van der Waals surface area contributed by atoms with E-state index in [2.05, 4.69) is 47.2 Å². The van der Waals surface area contributed by atoms with Crippen LogP contribution in [-0.2, 0) is 0 Å². The first-order chi connectivity index (χ1) is 9.43. The van der Waals surface area contributed by atoms with Crippen LogP contribution in [0.1, 0.15) is 0 Å². The second-order valence-corrected chi connectivity index (χ2v) is 7.51. The molecule has 3 heteroatoms. The Labute approximate surface area is 121 Å². The second-order valence-electron chi connectivity index (χ2n) is 4.63. The summed E-state index contributed by atoms with van der Waals surface area (Å²) in [6, 6.07) is 13.3. The summed E-state index contributed by atoms with van der Waals surface area (Å²) in [4.78, 5) is 0. The van der Waals surface area contributed by atoms with Crippen LogP contribution in [-0.4, -0.2) is 0 Å². The fourth-order valence-electron chi connectivity index (χ4n) is 2.84. The lowest BCUT2D eigenvalue weighted by Crippen LogP contribution is -1.69. The molecule has 0 nitrogen and oxygen atoms in total. The van der Waals surface area contributed by atoms with Crippen molar-refractivity contribution in [3.8, 4) is 0 Å². The van der Waals surface area contributed by atoms with Crippen molar-refractivity contribution in [2.24, 2.45) is 0 Å². The Balaban J connectivity index is 2.29. The molecule has 0 saturated carbocycles. The molecular weight excluding hydrogens is 288 g/mol. The van der Waals surface area contributed by atoms with Crippen LogP contribution in [0.25, 0.3) is 40.3 Å². The summed E-state index contributed by atoms with van der Waals surface area (Å²) in [6.45, 7) is 0. The van der Waals surface area contributed by atoms with Crippen molar-refractivity contribution in [1.82, 2.24) is 0 Å². The van der Waals surface area contributed by atoms with Gasteiger partial charge in [-0.05, 0) is 29.0 Å². The van der Waals surface area contributed by atoms with Crippen molar-refractivity contribution < 1.29 is 0 Å². The van der Waals surface area contributed by atoms with Gasteiger partial charge in [0.15, 0.2) is 0 Å².